The molecule has 2 heterocycles. The van der Waals surface area contributed by atoms with Crippen molar-refractivity contribution in [3.05, 3.63) is 52.9 Å². The number of fused-ring (bicyclic) bond motifs is 1. The van der Waals surface area contributed by atoms with Crippen LogP contribution in [0.1, 0.15) is 29.9 Å². The van der Waals surface area contributed by atoms with Gasteiger partial charge in [0.25, 0.3) is 11.7 Å². The summed E-state index contributed by atoms with van der Waals surface area (Å²) in [5, 5.41) is 13.3. The molecular weight excluding hydrogens is 406 g/mol. The van der Waals surface area contributed by atoms with E-state index in [1.165, 1.54) is 6.33 Å². The van der Waals surface area contributed by atoms with Gasteiger partial charge < -0.3 is 16.0 Å². The Bertz CT molecular complexity index is 1050. The van der Waals surface area contributed by atoms with Gasteiger partial charge in [0.2, 0.25) is 5.91 Å². The highest BCUT2D eigenvalue weighted by Gasteiger charge is 2.25. The maximum absolute atomic E-state index is 12.6. The number of nitrogens with one attached hydrogen (secondary N) is 3. The van der Waals surface area contributed by atoms with Gasteiger partial charge in [-0.1, -0.05) is 37.6 Å². The number of aryl methyl sites for hydroxylation is 1. The number of carbonyl (C=O) groups excluding carboxylic acids is 2. The first-order valence-electron chi connectivity index (χ1n) is 9.61. The van der Waals surface area contributed by atoms with Crippen LogP contribution in [-0.4, -0.2) is 50.5 Å². The fourth-order valence-electron chi connectivity index (χ4n) is 2.94. The van der Waals surface area contributed by atoms with E-state index in [4.69, 9.17) is 11.6 Å². The number of carbonyl (C=O) groups is 2. The number of rotatable bonds is 8. The van der Waals surface area contributed by atoms with Crippen molar-refractivity contribution in [3.63, 3.8) is 0 Å². The van der Waals surface area contributed by atoms with E-state index < -0.39 is 6.04 Å². The number of hydrogen-bond donors (Lipinski definition) is 3. The zero-order valence-corrected chi connectivity index (χ0v) is 17.8. The maximum Gasteiger partial charge on any atom is 0.254 e. The molecule has 0 saturated carbocycles. The summed E-state index contributed by atoms with van der Waals surface area (Å²) in [7, 11) is 0. The summed E-state index contributed by atoms with van der Waals surface area (Å²) >= 11 is 6.08. The second-order valence-electron chi connectivity index (χ2n) is 7.15. The van der Waals surface area contributed by atoms with Crippen molar-refractivity contribution in [2.45, 2.75) is 26.8 Å². The number of benzene rings is 1. The highest BCUT2D eigenvalue weighted by Crippen LogP contribution is 2.15. The third kappa shape index (κ3) is 5.04. The average molecular weight is 430 g/mol. The molecule has 9 nitrogen and oxygen atoms in total. The highest BCUT2D eigenvalue weighted by molar-refractivity contribution is 6.33. The SMILES string of the molecule is Cc1cc(NCCNC(=O)C(NC(=O)c2ccccc2Cl)C(C)C)n2ncnc2n1. The number of amides is 2. The van der Waals surface area contributed by atoms with Crippen LogP contribution in [0.5, 0.6) is 0 Å². The molecule has 3 aromatic rings. The molecule has 3 rings (SSSR count). The number of aromatic nitrogens is 4. The third-order valence-corrected chi connectivity index (χ3v) is 4.79. The third-order valence-electron chi connectivity index (χ3n) is 4.46. The fraction of sp³-hybridized carbons (Fsp3) is 0.350. The van der Waals surface area contributed by atoms with E-state index >= 15 is 0 Å². The minimum atomic E-state index is -0.682. The smallest absolute Gasteiger partial charge is 0.254 e. The van der Waals surface area contributed by atoms with Gasteiger partial charge in [0.1, 0.15) is 18.2 Å². The van der Waals surface area contributed by atoms with E-state index in [1.54, 1.807) is 28.8 Å². The van der Waals surface area contributed by atoms with Crippen molar-refractivity contribution >= 4 is 35.0 Å². The first-order valence-corrected chi connectivity index (χ1v) is 9.99. The van der Waals surface area contributed by atoms with Gasteiger partial charge in [-0.3, -0.25) is 9.59 Å². The molecule has 30 heavy (non-hydrogen) atoms. The molecule has 3 N–H and O–H groups in total. The van der Waals surface area contributed by atoms with Crippen molar-refractivity contribution in [2.75, 3.05) is 18.4 Å². The molecule has 2 amide bonds. The lowest BCUT2D eigenvalue weighted by Gasteiger charge is -2.22. The Morgan fingerprint density at radius 2 is 1.97 bits per heavy atom. The normalized spacial score (nSPS) is 12.0. The first kappa shape index (κ1) is 21.5. The van der Waals surface area contributed by atoms with Crippen LogP contribution in [0.2, 0.25) is 5.02 Å². The molecular formula is C20H24ClN7O2. The molecule has 0 radical (unpaired) electrons. The lowest BCUT2D eigenvalue weighted by atomic mass is 10.0. The lowest BCUT2D eigenvalue weighted by molar-refractivity contribution is -0.123. The molecule has 1 aromatic carbocycles. The van der Waals surface area contributed by atoms with Crippen LogP contribution in [0.15, 0.2) is 36.7 Å². The standard InChI is InChI=1S/C20H24ClN7O2/c1-12(2)17(27-18(29)14-6-4-5-7-15(14)21)19(30)23-9-8-22-16-10-13(3)26-20-24-11-25-28(16)20/h4-7,10-12,17,22H,8-9H2,1-3H3,(H,23,30)(H,27,29). The van der Waals surface area contributed by atoms with Crippen molar-refractivity contribution in [1.29, 1.82) is 0 Å². The molecule has 0 saturated heterocycles. The minimum Gasteiger partial charge on any atom is -0.368 e. The van der Waals surface area contributed by atoms with Crippen LogP contribution >= 0.6 is 11.6 Å². The first-order chi connectivity index (χ1) is 14.4. The summed E-state index contributed by atoms with van der Waals surface area (Å²) < 4.78 is 1.59. The molecule has 0 aliphatic rings. The Morgan fingerprint density at radius 1 is 1.20 bits per heavy atom. The second-order valence-corrected chi connectivity index (χ2v) is 7.55. The predicted molar refractivity (Wildman–Crippen MR) is 115 cm³/mol. The molecule has 1 unspecified atom stereocenters. The van der Waals surface area contributed by atoms with Gasteiger partial charge in [-0.05, 0) is 25.0 Å². The molecule has 1 atom stereocenters. The number of hydrogen-bond acceptors (Lipinski definition) is 6. The highest BCUT2D eigenvalue weighted by atomic mass is 35.5. The van der Waals surface area contributed by atoms with E-state index in [0.29, 0.717) is 29.5 Å². The Labute approximate surface area is 179 Å². The van der Waals surface area contributed by atoms with Gasteiger partial charge in [-0.15, -0.1) is 0 Å². The van der Waals surface area contributed by atoms with E-state index in [-0.39, 0.29) is 17.7 Å². The number of anilines is 1. The van der Waals surface area contributed by atoms with Gasteiger partial charge in [0.05, 0.1) is 10.6 Å². The summed E-state index contributed by atoms with van der Waals surface area (Å²) in [6, 6.07) is 7.90. The van der Waals surface area contributed by atoms with E-state index in [0.717, 1.165) is 11.5 Å². The monoisotopic (exact) mass is 429 g/mol. The quantitative estimate of drug-likeness (QED) is 0.472. The van der Waals surface area contributed by atoms with Crippen LogP contribution in [0.3, 0.4) is 0 Å². The summed E-state index contributed by atoms with van der Waals surface area (Å²) in [5.41, 5.74) is 1.15. The van der Waals surface area contributed by atoms with E-state index in [9.17, 15) is 9.59 Å². The number of halogens is 1. The summed E-state index contributed by atoms with van der Waals surface area (Å²) in [6.45, 7) is 6.44. The molecule has 2 aromatic heterocycles. The van der Waals surface area contributed by atoms with Gasteiger partial charge in [-0.2, -0.15) is 14.6 Å². The molecule has 0 bridgehead atoms. The van der Waals surface area contributed by atoms with Gasteiger partial charge in [0, 0.05) is 24.8 Å². The van der Waals surface area contributed by atoms with Crippen molar-refractivity contribution < 1.29 is 9.59 Å². The Balaban J connectivity index is 1.56. The second kappa shape index (κ2) is 9.53. The Hall–Kier alpha value is -3.20. The Morgan fingerprint density at radius 3 is 2.70 bits per heavy atom. The number of nitrogens with zero attached hydrogens (tertiary/aromatic N) is 4. The zero-order valence-electron chi connectivity index (χ0n) is 17.0. The Kier molecular flexibility index (Phi) is 6.83. The van der Waals surface area contributed by atoms with Gasteiger partial charge in [0.15, 0.2) is 0 Å². The molecule has 0 fully saturated rings. The summed E-state index contributed by atoms with van der Waals surface area (Å²) in [5.74, 6) is 0.500. The van der Waals surface area contributed by atoms with Gasteiger partial charge >= 0.3 is 0 Å². The van der Waals surface area contributed by atoms with Crippen LogP contribution in [0.4, 0.5) is 5.82 Å². The molecule has 0 spiro atoms. The largest absolute Gasteiger partial charge is 0.368 e. The minimum absolute atomic E-state index is 0.0954. The average Bonchev–Trinajstić information content (AvgIpc) is 3.17. The van der Waals surface area contributed by atoms with E-state index in [2.05, 4.69) is 31.0 Å². The van der Waals surface area contributed by atoms with Gasteiger partial charge in [-0.25, -0.2) is 4.98 Å². The predicted octanol–water partition coefficient (Wildman–Crippen LogP) is 2.07. The maximum atomic E-state index is 12.6. The zero-order chi connectivity index (χ0) is 21.7. The molecule has 0 aliphatic heterocycles. The van der Waals surface area contributed by atoms with Crippen molar-refractivity contribution in [2.24, 2.45) is 5.92 Å². The van der Waals surface area contributed by atoms with Crippen LogP contribution in [-0.2, 0) is 4.79 Å². The van der Waals surface area contributed by atoms with Crippen LogP contribution < -0.4 is 16.0 Å². The molecule has 0 aliphatic carbocycles. The summed E-state index contributed by atoms with van der Waals surface area (Å²) in [4.78, 5) is 33.5. The summed E-state index contributed by atoms with van der Waals surface area (Å²) in [6.07, 6.45) is 1.43. The van der Waals surface area contributed by atoms with E-state index in [1.807, 2.05) is 26.8 Å². The fourth-order valence-corrected chi connectivity index (χ4v) is 3.16. The lowest BCUT2D eigenvalue weighted by Crippen LogP contribution is -2.50. The van der Waals surface area contributed by atoms with Crippen molar-refractivity contribution in [3.8, 4) is 0 Å². The molecule has 10 heteroatoms. The van der Waals surface area contributed by atoms with Crippen LogP contribution in [0, 0.1) is 12.8 Å². The molecule has 158 valence electrons. The van der Waals surface area contributed by atoms with Crippen molar-refractivity contribution in [1.82, 2.24) is 30.2 Å². The topological polar surface area (TPSA) is 113 Å². The van der Waals surface area contributed by atoms with Crippen LogP contribution in [0.25, 0.3) is 5.78 Å².